The molecule has 0 saturated carbocycles. The SMILES string of the molecule is CNCC(C)C(=O)N1CCN(Cc2ccc(Cl)cc2)C(=O)C1.Cl. The van der Waals surface area contributed by atoms with Gasteiger partial charge in [0.15, 0.2) is 0 Å². The second-order valence-electron chi connectivity index (χ2n) is 5.66. The largest absolute Gasteiger partial charge is 0.335 e. The minimum absolute atomic E-state index is 0. The zero-order valence-electron chi connectivity index (χ0n) is 13.4. The van der Waals surface area contributed by atoms with Crippen molar-refractivity contribution in [1.82, 2.24) is 15.1 Å². The molecule has 1 aliphatic rings. The van der Waals surface area contributed by atoms with Crippen LogP contribution in [-0.2, 0) is 16.1 Å². The van der Waals surface area contributed by atoms with Gasteiger partial charge in [0.25, 0.3) is 0 Å². The normalized spacial score (nSPS) is 16.0. The molecule has 2 rings (SSSR count). The number of piperazine rings is 1. The lowest BCUT2D eigenvalue weighted by Crippen LogP contribution is -2.53. The van der Waals surface area contributed by atoms with Crippen molar-refractivity contribution in [1.29, 1.82) is 0 Å². The maximum absolute atomic E-state index is 12.3. The summed E-state index contributed by atoms with van der Waals surface area (Å²) in [5.74, 6) is -0.0827. The number of carbonyl (C=O) groups excluding carboxylic acids is 2. The molecule has 1 aromatic rings. The Labute approximate surface area is 148 Å². The third-order valence-corrected chi connectivity index (χ3v) is 4.10. The van der Waals surface area contributed by atoms with Gasteiger partial charge in [0, 0.05) is 37.1 Å². The lowest BCUT2D eigenvalue weighted by atomic mass is 10.1. The van der Waals surface area contributed by atoms with Crippen molar-refractivity contribution in [3.63, 3.8) is 0 Å². The lowest BCUT2D eigenvalue weighted by molar-refractivity contribution is -0.147. The van der Waals surface area contributed by atoms with Crippen LogP contribution in [0.25, 0.3) is 0 Å². The van der Waals surface area contributed by atoms with Gasteiger partial charge in [0.1, 0.15) is 0 Å². The Kier molecular flexibility index (Phi) is 7.82. The van der Waals surface area contributed by atoms with E-state index in [9.17, 15) is 9.59 Å². The zero-order valence-corrected chi connectivity index (χ0v) is 15.0. The van der Waals surface area contributed by atoms with Crippen LogP contribution in [0.1, 0.15) is 12.5 Å². The first-order valence-corrected chi connectivity index (χ1v) is 7.84. The molecule has 0 bridgehead atoms. The van der Waals surface area contributed by atoms with E-state index in [0.29, 0.717) is 31.2 Å². The van der Waals surface area contributed by atoms with Crippen LogP contribution in [0.5, 0.6) is 0 Å². The van der Waals surface area contributed by atoms with E-state index in [0.717, 1.165) is 5.56 Å². The van der Waals surface area contributed by atoms with Crippen LogP contribution in [-0.4, -0.2) is 54.8 Å². The molecule has 1 atom stereocenters. The van der Waals surface area contributed by atoms with Crippen molar-refractivity contribution in [3.8, 4) is 0 Å². The Morgan fingerprint density at radius 2 is 1.96 bits per heavy atom. The molecule has 1 unspecified atom stereocenters. The third kappa shape index (κ3) is 5.37. The van der Waals surface area contributed by atoms with E-state index >= 15 is 0 Å². The van der Waals surface area contributed by atoms with Gasteiger partial charge in [-0.2, -0.15) is 0 Å². The molecule has 0 aliphatic carbocycles. The molecular formula is C16H23Cl2N3O2. The van der Waals surface area contributed by atoms with Gasteiger partial charge < -0.3 is 15.1 Å². The fraction of sp³-hybridized carbons (Fsp3) is 0.500. The smallest absolute Gasteiger partial charge is 0.242 e. The quantitative estimate of drug-likeness (QED) is 0.871. The van der Waals surface area contributed by atoms with E-state index in [1.807, 2.05) is 38.2 Å². The summed E-state index contributed by atoms with van der Waals surface area (Å²) in [5, 5.41) is 3.68. The molecular weight excluding hydrogens is 337 g/mol. The van der Waals surface area contributed by atoms with Crippen molar-refractivity contribution in [2.24, 2.45) is 5.92 Å². The van der Waals surface area contributed by atoms with E-state index in [1.54, 1.807) is 9.80 Å². The highest BCUT2D eigenvalue weighted by Crippen LogP contribution is 2.14. The fourth-order valence-electron chi connectivity index (χ4n) is 2.58. The Morgan fingerprint density at radius 3 is 2.52 bits per heavy atom. The number of nitrogens with one attached hydrogen (secondary N) is 1. The molecule has 0 radical (unpaired) electrons. The summed E-state index contributed by atoms with van der Waals surface area (Å²) in [5.41, 5.74) is 1.04. The highest BCUT2D eigenvalue weighted by atomic mass is 35.5. The van der Waals surface area contributed by atoms with Crippen LogP contribution in [0.2, 0.25) is 5.02 Å². The number of carbonyl (C=O) groups is 2. The van der Waals surface area contributed by atoms with Crippen molar-refractivity contribution in [3.05, 3.63) is 34.9 Å². The Hall–Kier alpha value is -1.30. The first-order chi connectivity index (χ1) is 10.5. The van der Waals surface area contributed by atoms with Gasteiger partial charge in [0.05, 0.1) is 6.54 Å². The number of benzene rings is 1. The summed E-state index contributed by atoms with van der Waals surface area (Å²) in [4.78, 5) is 27.9. The number of halogens is 2. The molecule has 1 aliphatic heterocycles. The predicted octanol–water partition coefficient (Wildman–Crippen LogP) is 1.79. The van der Waals surface area contributed by atoms with Crippen molar-refractivity contribution < 1.29 is 9.59 Å². The number of amides is 2. The maximum Gasteiger partial charge on any atom is 0.242 e. The fourth-order valence-corrected chi connectivity index (χ4v) is 2.71. The van der Waals surface area contributed by atoms with Crippen molar-refractivity contribution in [2.45, 2.75) is 13.5 Å². The highest BCUT2D eigenvalue weighted by molar-refractivity contribution is 6.30. The number of hydrogen-bond donors (Lipinski definition) is 1. The minimum Gasteiger partial charge on any atom is -0.335 e. The minimum atomic E-state index is -0.111. The summed E-state index contributed by atoms with van der Waals surface area (Å²) in [6.45, 7) is 4.39. The van der Waals surface area contributed by atoms with E-state index in [-0.39, 0.29) is 36.7 Å². The van der Waals surface area contributed by atoms with Gasteiger partial charge in [-0.05, 0) is 24.7 Å². The lowest BCUT2D eigenvalue weighted by Gasteiger charge is -2.35. The van der Waals surface area contributed by atoms with Crippen molar-refractivity contribution >= 4 is 35.8 Å². The first kappa shape index (κ1) is 19.7. The van der Waals surface area contributed by atoms with E-state index < -0.39 is 0 Å². The molecule has 0 aromatic heterocycles. The summed E-state index contributed by atoms with van der Waals surface area (Å²) >= 11 is 5.86. The van der Waals surface area contributed by atoms with Crippen LogP contribution < -0.4 is 5.32 Å². The third-order valence-electron chi connectivity index (χ3n) is 3.85. The standard InChI is InChI=1S/C16H22ClN3O2.ClH/c1-12(9-18-2)16(22)20-8-7-19(15(21)11-20)10-13-3-5-14(17)6-4-13;/h3-6,12,18H,7-11H2,1-2H3;1H. The molecule has 7 heteroatoms. The van der Waals surface area contributed by atoms with Crippen LogP contribution in [0, 0.1) is 5.92 Å². The summed E-state index contributed by atoms with van der Waals surface area (Å²) < 4.78 is 0. The van der Waals surface area contributed by atoms with Gasteiger partial charge in [-0.25, -0.2) is 0 Å². The van der Waals surface area contributed by atoms with Gasteiger partial charge in [-0.15, -0.1) is 12.4 Å². The van der Waals surface area contributed by atoms with Gasteiger partial charge in [-0.3, -0.25) is 9.59 Å². The van der Waals surface area contributed by atoms with E-state index in [2.05, 4.69) is 5.32 Å². The molecule has 2 amide bonds. The monoisotopic (exact) mass is 359 g/mol. The summed E-state index contributed by atoms with van der Waals surface area (Å²) in [6, 6.07) is 7.48. The number of hydrogen-bond acceptors (Lipinski definition) is 3. The molecule has 1 heterocycles. The molecule has 1 aromatic carbocycles. The van der Waals surface area contributed by atoms with Crippen molar-refractivity contribution in [2.75, 3.05) is 33.2 Å². The van der Waals surface area contributed by atoms with Gasteiger partial charge >= 0.3 is 0 Å². The molecule has 5 nitrogen and oxygen atoms in total. The van der Waals surface area contributed by atoms with Crippen LogP contribution >= 0.6 is 24.0 Å². The Morgan fingerprint density at radius 1 is 1.30 bits per heavy atom. The van der Waals surface area contributed by atoms with Gasteiger partial charge in [0.2, 0.25) is 11.8 Å². The van der Waals surface area contributed by atoms with Crippen LogP contribution in [0.15, 0.2) is 24.3 Å². The molecule has 1 fully saturated rings. The number of rotatable bonds is 5. The Bertz CT molecular complexity index is 537. The summed E-state index contributed by atoms with van der Waals surface area (Å²) in [6.07, 6.45) is 0. The maximum atomic E-state index is 12.3. The van der Waals surface area contributed by atoms with E-state index in [1.165, 1.54) is 0 Å². The first-order valence-electron chi connectivity index (χ1n) is 7.47. The molecule has 1 saturated heterocycles. The average molecular weight is 360 g/mol. The number of nitrogens with zero attached hydrogens (tertiary/aromatic N) is 2. The van der Waals surface area contributed by atoms with E-state index in [4.69, 9.17) is 11.6 Å². The summed E-state index contributed by atoms with van der Waals surface area (Å²) in [7, 11) is 1.82. The molecule has 23 heavy (non-hydrogen) atoms. The highest BCUT2D eigenvalue weighted by Gasteiger charge is 2.29. The molecule has 128 valence electrons. The second kappa shape index (κ2) is 9.11. The topological polar surface area (TPSA) is 52.7 Å². The van der Waals surface area contributed by atoms with Crippen LogP contribution in [0.4, 0.5) is 0 Å². The zero-order chi connectivity index (χ0) is 16.1. The van der Waals surface area contributed by atoms with Gasteiger partial charge in [-0.1, -0.05) is 30.7 Å². The average Bonchev–Trinajstić information content (AvgIpc) is 2.51. The predicted molar refractivity (Wildman–Crippen MR) is 93.8 cm³/mol. The molecule has 0 spiro atoms. The van der Waals surface area contributed by atoms with Crippen LogP contribution in [0.3, 0.4) is 0 Å². The Balaban J connectivity index is 0.00000264. The molecule has 1 N–H and O–H groups in total. The second-order valence-corrected chi connectivity index (χ2v) is 6.10.